The molecule has 0 bridgehead atoms. The van der Waals surface area contributed by atoms with Crippen LogP contribution in [0.5, 0.6) is 5.88 Å². The summed E-state index contributed by atoms with van der Waals surface area (Å²) in [4.78, 5) is 19.3. The Kier molecular flexibility index (Phi) is 4.47. The van der Waals surface area contributed by atoms with Crippen molar-refractivity contribution in [3.63, 3.8) is 0 Å². The first kappa shape index (κ1) is 15.7. The third-order valence-corrected chi connectivity index (χ3v) is 4.23. The lowest BCUT2D eigenvalue weighted by Crippen LogP contribution is -2.25. The van der Waals surface area contributed by atoms with E-state index in [-0.39, 0.29) is 6.04 Å². The summed E-state index contributed by atoms with van der Waals surface area (Å²) in [7, 11) is 3.25. The van der Waals surface area contributed by atoms with E-state index >= 15 is 0 Å². The minimum absolute atomic E-state index is 0.206. The van der Waals surface area contributed by atoms with Gasteiger partial charge in [-0.1, -0.05) is 0 Å². The second kappa shape index (κ2) is 6.54. The van der Waals surface area contributed by atoms with Gasteiger partial charge in [-0.2, -0.15) is 4.98 Å². The number of hydrogen-bond acceptors (Lipinski definition) is 6. The molecule has 1 aliphatic heterocycles. The van der Waals surface area contributed by atoms with Gasteiger partial charge in [-0.25, -0.2) is 9.97 Å². The SMILES string of the molecule is COCc1nc(OC)cc(N2CCCC2c2nc(C)c(C)[nH]2)n1. The molecule has 23 heavy (non-hydrogen) atoms. The highest BCUT2D eigenvalue weighted by Gasteiger charge is 2.30. The van der Waals surface area contributed by atoms with Crippen LogP contribution in [0.1, 0.15) is 41.9 Å². The number of ether oxygens (including phenoxy) is 2. The summed E-state index contributed by atoms with van der Waals surface area (Å²) in [5.41, 5.74) is 2.17. The van der Waals surface area contributed by atoms with Crippen LogP contribution in [0.3, 0.4) is 0 Å². The van der Waals surface area contributed by atoms with Crippen molar-refractivity contribution in [2.45, 2.75) is 39.3 Å². The Morgan fingerprint density at radius 1 is 1.26 bits per heavy atom. The van der Waals surface area contributed by atoms with Crippen molar-refractivity contribution in [2.24, 2.45) is 0 Å². The lowest BCUT2D eigenvalue weighted by atomic mass is 10.2. The first-order valence-corrected chi connectivity index (χ1v) is 7.83. The van der Waals surface area contributed by atoms with Crippen LogP contribution in [-0.2, 0) is 11.3 Å². The average molecular weight is 317 g/mol. The molecule has 1 fully saturated rings. The molecular formula is C16H23N5O2. The third kappa shape index (κ3) is 3.14. The molecule has 7 heteroatoms. The number of nitrogens with zero attached hydrogens (tertiary/aromatic N) is 4. The van der Waals surface area contributed by atoms with Crippen molar-refractivity contribution in [1.29, 1.82) is 0 Å². The summed E-state index contributed by atoms with van der Waals surface area (Å²) in [6.07, 6.45) is 2.16. The predicted octanol–water partition coefficient (Wildman–Crippen LogP) is 2.31. The molecule has 1 atom stereocenters. The third-order valence-electron chi connectivity index (χ3n) is 4.23. The largest absolute Gasteiger partial charge is 0.481 e. The highest BCUT2D eigenvalue weighted by molar-refractivity contribution is 5.45. The molecule has 1 aliphatic rings. The first-order chi connectivity index (χ1) is 11.1. The summed E-state index contributed by atoms with van der Waals surface area (Å²) in [6.45, 7) is 5.38. The Balaban J connectivity index is 1.94. The molecule has 2 aromatic heterocycles. The number of imidazole rings is 1. The van der Waals surface area contributed by atoms with Crippen LogP contribution in [0, 0.1) is 13.8 Å². The van der Waals surface area contributed by atoms with Crippen molar-refractivity contribution < 1.29 is 9.47 Å². The number of hydrogen-bond donors (Lipinski definition) is 1. The molecular weight excluding hydrogens is 294 g/mol. The zero-order valence-corrected chi connectivity index (χ0v) is 14.1. The summed E-state index contributed by atoms with van der Waals surface area (Å²) in [6, 6.07) is 2.08. The van der Waals surface area contributed by atoms with Crippen molar-refractivity contribution in [2.75, 3.05) is 25.7 Å². The molecule has 1 saturated heterocycles. The topological polar surface area (TPSA) is 76.2 Å². The number of nitrogens with one attached hydrogen (secondary N) is 1. The molecule has 7 nitrogen and oxygen atoms in total. The van der Waals surface area contributed by atoms with Crippen molar-refractivity contribution in [1.82, 2.24) is 19.9 Å². The zero-order chi connectivity index (χ0) is 16.4. The van der Waals surface area contributed by atoms with E-state index in [1.807, 2.05) is 13.0 Å². The molecule has 1 N–H and O–H groups in total. The van der Waals surface area contributed by atoms with Gasteiger partial charge in [-0.3, -0.25) is 0 Å². The number of H-pyrrole nitrogens is 1. The Morgan fingerprint density at radius 3 is 2.74 bits per heavy atom. The van der Waals surface area contributed by atoms with E-state index < -0.39 is 0 Å². The maximum Gasteiger partial charge on any atom is 0.218 e. The van der Waals surface area contributed by atoms with Crippen LogP contribution in [0.25, 0.3) is 0 Å². The van der Waals surface area contributed by atoms with Crippen LogP contribution >= 0.6 is 0 Å². The molecule has 3 heterocycles. The van der Waals surface area contributed by atoms with E-state index in [9.17, 15) is 0 Å². The van der Waals surface area contributed by atoms with Crippen LogP contribution < -0.4 is 9.64 Å². The fraction of sp³-hybridized carbons (Fsp3) is 0.562. The normalized spacial score (nSPS) is 17.7. The fourth-order valence-electron chi connectivity index (χ4n) is 2.96. The van der Waals surface area contributed by atoms with Crippen LogP contribution in [0.2, 0.25) is 0 Å². The van der Waals surface area contributed by atoms with Gasteiger partial charge in [0.2, 0.25) is 5.88 Å². The highest BCUT2D eigenvalue weighted by atomic mass is 16.5. The minimum Gasteiger partial charge on any atom is -0.481 e. The zero-order valence-electron chi connectivity index (χ0n) is 14.1. The van der Waals surface area contributed by atoms with Gasteiger partial charge in [0, 0.05) is 25.4 Å². The molecule has 3 rings (SSSR count). The fourth-order valence-corrected chi connectivity index (χ4v) is 2.96. The van der Waals surface area contributed by atoms with Gasteiger partial charge >= 0.3 is 0 Å². The Morgan fingerprint density at radius 2 is 2.09 bits per heavy atom. The Labute approximate surface area is 136 Å². The van der Waals surface area contributed by atoms with E-state index in [0.29, 0.717) is 18.3 Å². The second-order valence-electron chi connectivity index (χ2n) is 5.80. The molecule has 0 aromatic carbocycles. The average Bonchev–Trinajstić information content (AvgIpc) is 3.14. The molecule has 0 spiro atoms. The maximum atomic E-state index is 5.31. The molecule has 0 saturated carbocycles. The van der Waals surface area contributed by atoms with Crippen LogP contribution in [0.15, 0.2) is 6.07 Å². The Hall–Kier alpha value is -2.15. The monoisotopic (exact) mass is 317 g/mol. The molecule has 2 aromatic rings. The van der Waals surface area contributed by atoms with Gasteiger partial charge in [0.05, 0.1) is 18.8 Å². The minimum atomic E-state index is 0.206. The number of methoxy groups -OCH3 is 2. The van der Waals surface area contributed by atoms with Crippen LogP contribution in [0.4, 0.5) is 5.82 Å². The van der Waals surface area contributed by atoms with Crippen molar-refractivity contribution in [3.05, 3.63) is 29.1 Å². The molecule has 1 unspecified atom stereocenters. The van der Waals surface area contributed by atoms with Crippen LogP contribution in [-0.4, -0.2) is 40.7 Å². The summed E-state index contributed by atoms with van der Waals surface area (Å²) in [5, 5.41) is 0. The molecule has 124 valence electrons. The van der Waals surface area contributed by atoms with E-state index in [2.05, 4.69) is 31.8 Å². The first-order valence-electron chi connectivity index (χ1n) is 7.83. The molecule has 0 radical (unpaired) electrons. The Bertz CT molecular complexity index is 666. The number of aromatic amines is 1. The maximum absolute atomic E-state index is 5.31. The van der Waals surface area contributed by atoms with E-state index in [4.69, 9.17) is 9.47 Å². The standard InChI is InChI=1S/C16H23N5O2/c1-10-11(2)18-16(17-10)12-6-5-7-21(12)14-8-15(23-4)20-13(19-14)9-22-3/h8,12H,5-7,9H2,1-4H3,(H,17,18). The summed E-state index contributed by atoms with van der Waals surface area (Å²) < 4.78 is 10.5. The second-order valence-corrected chi connectivity index (χ2v) is 5.80. The van der Waals surface area contributed by atoms with E-state index in [1.165, 1.54) is 0 Å². The lowest BCUT2D eigenvalue weighted by Gasteiger charge is -2.24. The van der Waals surface area contributed by atoms with Gasteiger partial charge < -0.3 is 19.4 Å². The van der Waals surface area contributed by atoms with Gasteiger partial charge in [-0.05, 0) is 26.7 Å². The number of anilines is 1. The van der Waals surface area contributed by atoms with Gasteiger partial charge in [-0.15, -0.1) is 0 Å². The highest BCUT2D eigenvalue weighted by Crippen LogP contribution is 2.35. The summed E-state index contributed by atoms with van der Waals surface area (Å²) in [5.74, 6) is 3.04. The molecule has 0 amide bonds. The quantitative estimate of drug-likeness (QED) is 0.912. The van der Waals surface area contributed by atoms with Gasteiger partial charge in [0.25, 0.3) is 0 Å². The lowest BCUT2D eigenvalue weighted by molar-refractivity contribution is 0.177. The number of aryl methyl sites for hydroxylation is 2. The number of rotatable bonds is 5. The smallest absolute Gasteiger partial charge is 0.218 e. The number of aromatic nitrogens is 4. The van der Waals surface area contributed by atoms with E-state index in [0.717, 1.165) is 42.4 Å². The van der Waals surface area contributed by atoms with Gasteiger partial charge in [0.15, 0.2) is 5.82 Å². The molecule has 0 aliphatic carbocycles. The van der Waals surface area contributed by atoms with Crippen molar-refractivity contribution in [3.8, 4) is 5.88 Å². The van der Waals surface area contributed by atoms with Crippen molar-refractivity contribution >= 4 is 5.82 Å². The van der Waals surface area contributed by atoms with E-state index in [1.54, 1.807) is 14.2 Å². The van der Waals surface area contributed by atoms with Gasteiger partial charge in [0.1, 0.15) is 18.2 Å². The predicted molar refractivity (Wildman–Crippen MR) is 86.7 cm³/mol. The summed E-state index contributed by atoms with van der Waals surface area (Å²) >= 11 is 0.